The molecule has 2 heterocycles. The van der Waals surface area contributed by atoms with Crippen molar-refractivity contribution < 1.29 is 14.3 Å². The minimum absolute atomic E-state index is 0.00390. The zero-order valence-corrected chi connectivity index (χ0v) is 16.8. The van der Waals surface area contributed by atoms with Gasteiger partial charge >= 0.3 is 0 Å². The first-order valence-electron chi connectivity index (χ1n) is 10.0. The second-order valence-corrected chi connectivity index (χ2v) is 8.57. The smallest absolute Gasteiger partial charge is 0.264 e. The van der Waals surface area contributed by atoms with Crippen molar-refractivity contribution in [2.24, 2.45) is 5.92 Å². The summed E-state index contributed by atoms with van der Waals surface area (Å²) in [5, 5.41) is 3.09. The monoisotopic (exact) mass is 398 g/mol. The first-order valence-corrected chi connectivity index (χ1v) is 10.8. The maximum atomic E-state index is 12.7. The Labute approximate surface area is 169 Å². The number of carbonyl (C=O) groups is 2. The van der Waals surface area contributed by atoms with Gasteiger partial charge in [-0.05, 0) is 42.9 Å². The van der Waals surface area contributed by atoms with Gasteiger partial charge in [0.2, 0.25) is 5.91 Å². The maximum absolute atomic E-state index is 12.7. The topological polar surface area (TPSA) is 58.6 Å². The number of fused-ring (bicyclic) bond motifs is 1. The van der Waals surface area contributed by atoms with E-state index in [1.54, 1.807) is 11.3 Å². The van der Waals surface area contributed by atoms with Gasteiger partial charge in [-0.1, -0.05) is 30.3 Å². The fraction of sp³-hybridized carbons (Fsp3) is 0.455. The van der Waals surface area contributed by atoms with E-state index in [0.717, 1.165) is 30.6 Å². The molecule has 0 saturated carbocycles. The van der Waals surface area contributed by atoms with Crippen LogP contribution < -0.4 is 5.32 Å². The summed E-state index contributed by atoms with van der Waals surface area (Å²) in [7, 11) is 0. The van der Waals surface area contributed by atoms with Crippen LogP contribution in [-0.4, -0.2) is 49.6 Å². The molecule has 0 unspecified atom stereocenters. The molecule has 0 spiro atoms. The van der Waals surface area contributed by atoms with Crippen LogP contribution >= 0.6 is 11.3 Å². The van der Waals surface area contributed by atoms with Crippen LogP contribution in [0.5, 0.6) is 0 Å². The summed E-state index contributed by atoms with van der Waals surface area (Å²) in [4.78, 5) is 29.2. The van der Waals surface area contributed by atoms with Crippen molar-refractivity contribution >= 4 is 23.2 Å². The number of amides is 2. The van der Waals surface area contributed by atoms with E-state index in [0.29, 0.717) is 32.8 Å². The highest BCUT2D eigenvalue weighted by Gasteiger charge is 2.28. The van der Waals surface area contributed by atoms with Crippen molar-refractivity contribution in [1.29, 1.82) is 0 Å². The average molecular weight is 399 g/mol. The molecule has 1 aliphatic heterocycles. The van der Waals surface area contributed by atoms with Crippen LogP contribution in [0, 0.1) is 5.92 Å². The molecule has 6 heteroatoms. The largest absolute Gasteiger partial charge is 0.378 e. The van der Waals surface area contributed by atoms with Crippen LogP contribution in [-0.2, 0) is 28.8 Å². The Morgan fingerprint density at radius 3 is 2.75 bits per heavy atom. The molecule has 4 rings (SSSR count). The van der Waals surface area contributed by atoms with Gasteiger partial charge in [0.15, 0.2) is 0 Å². The average Bonchev–Trinajstić information content (AvgIpc) is 3.18. The van der Waals surface area contributed by atoms with E-state index < -0.39 is 0 Å². The zero-order valence-electron chi connectivity index (χ0n) is 16.0. The summed E-state index contributed by atoms with van der Waals surface area (Å²) in [6.45, 7) is 3.21. The molecule has 1 aromatic carbocycles. The Hall–Kier alpha value is -2.18. The first kappa shape index (κ1) is 19.2. The van der Waals surface area contributed by atoms with Gasteiger partial charge in [-0.15, -0.1) is 11.3 Å². The number of hydrogen-bond acceptors (Lipinski definition) is 4. The van der Waals surface area contributed by atoms with E-state index in [1.807, 2.05) is 29.2 Å². The number of hydrogen-bond donors (Lipinski definition) is 1. The van der Waals surface area contributed by atoms with Gasteiger partial charge in [-0.2, -0.15) is 0 Å². The lowest BCUT2D eigenvalue weighted by Gasteiger charge is -2.26. The third-order valence-electron chi connectivity index (χ3n) is 5.52. The summed E-state index contributed by atoms with van der Waals surface area (Å²) in [6, 6.07) is 12.2. The summed E-state index contributed by atoms with van der Waals surface area (Å²) in [5.74, 6) is 0.240. The fourth-order valence-electron chi connectivity index (χ4n) is 3.89. The molecule has 1 aliphatic carbocycles. The van der Waals surface area contributed by atoms with Crippen LogP contribution in [0.2, 0.25) is 0 Å². The second-order valence-electron chi connectivity index (χ2n) is 7.43. The van der Waals surface area contributed by atoms with Crippen LogP contribution in [0.25, 0.3) is 0 Å². The predicted molar refractivity (Wildman–Crippen MR) is 110 cm³/mol. The molecule has 5 nitrogen and oxygen atoms in total. The highest BCUT2D eigenvalue weighted by atomic mass is 32.1. The van der Waals surface area contributed by atoms with Gasteiger partial charge in [-0.3, -0.25) is 9.59 Å². The molecule has 148 valence electrons. The fourth-order valence-corrected chi connectivity index (χ4v) is 5.07. The maximum Gasteiger partial charge on any atom is 0.264 e. The molecule has 1 saturated heterocycles. The number of thiophene rings is 1. The van der Waals surface area contributed by atoms with Crippen molar-refractivity contribution in [2.75, 3.05) is 32.8 Å². The van der Waals surface area contributed by atoms with Gasteiger partial charge in [0, 0.05) is 30.4 Å². The van der Waals surface area contributed by atoms with Gasteiger partial charge < -0.3 is 15.0 Å². The zero-order chi connectivity index (χ0) is 19.3. The van der Waals surface area contributed by atoms with Gasteiger partial charge in [-0.25, -0.2) is 0 Å². The number of morpholine rings is 1. The number of nitrogens with zero attached hydrogens (tertiary/aromatic N) is 1. The molecule has 1 N–H and O–H groups in total. The molecule has 2 aliphatic rings. The van der Waals surface area contributed by atoms with Gasteiger partial charge in [0.05, 0.1) is 18.1 Å². The summed E-state index contributed by atoms with van der Waals surface area (Å²) >= 11 is 1.60. The number of rotatable bonds is 5. The SMILES string of the molecule is O=C(NCCc1ccccc1)[C@H]1CCc2sc(C(=O)N3CCOCC3)cc2C1. The highest BCUT2D eigenvalue weighted by Crippen LogP contribution is 2.33. The second kappa shape index (κ2) is 8.88. The molecule has 0 radical (unpaired) electrons. The molecule has 1 fully saturated rings. The van der Waals surface area contributed by atoms with Crippen LogP contribution in [0.15, 0.2) is 36.4 Å². The summed E-state index contributed by atoms with van der Waals surface area (Å²) in [6.07, 6.45) is 3.32. The first-order chi connectivity index (χ1) is 13.7. The van der Waals surface area contributed by atoms with Crippen LogP contribution in [0.1, 0.15) is 32.1 Å². The van der Waals surface area contributed by atoms with Gasteiger partial charge in [0.25, 0.3) is 5.91 Å². The van der Waals surface area contributed by atoms with Crippen molar-refractivity contribution in [1.82, 2.24) is 10.2 Å². The third kappa shape index (κ3) is 4.45. The highest BCUT2D eigenvalue weighted by molar-refractivity contribution is 7.14. The van der Waals surface area contributed by atoms with E-state index in [9.17, 15) is 9.59 Å². The minimum atomic E-state index is 0.00390. The van der Waals surface area contributed by atoms with E-state index in [2.05, 4.69) is 17.4 Å². The molecule has 0 bridgehead atoms. The summed E-state index contributed by atoms with van der Waals surface area (Å²) < 4.78 is 5.33. The Balaban J connectivity index is 1.32. The number of aryl methyl sites for hydroxylation is 1. The normalized spacial score (nSPS) is 19.1. The predicted octanol–water partition coefficient (Wildman–Crippen LogP) is 2.68. The van der Waals surface area contributed by atoms with Crippen molar-refractivity contribution in [3.05, 3.63) is 57.3 Å². The number of benzene rings is 1. The van der Waals surface area contributed by atoms with E-state index in [-0.39, 0.29) is 17.7 Å². The van der Waals surface area contributed by atoms with E-state index in [1.165, 1.54) is 16.0 Å². The van der Waals surface area contributed by atoms with Crippen molar-refractivity contribution in [2.45, 2.75) is 25.7 Å². The Kier molecular flexibility index (Phi) is 6.07. The Bertz CT molecular complexity index is 828. The van der Waals surface area contributed by atoms with E-state index >= 15 is 0 Å². The lowest BCUT2D eigenvalue weighted by atomic mass is 9.87. The van der Waals surface area contributed by atoms with Crippen LogP contribution in [0.3, 0.4) is 0 Å². The molecule has 2 amide bonds. The Morgan fingerprint density at radius 2 is 1.96 bits per heavy atom. The van der Waals surface area contributed by atoms with Crippen molar-refractivity contribution in [3.8, 4) is 0 Å². The molecule has 1 atom stereocenters. The number of carbonyl (C=O) groups excluding carboxylic acids is 2. The Morgan fingerprint density at radius 1 is 1.18 bits per heavy atom. The standard InChI is InChI=1S/C22H26N2O3S/c25-21(23-9-8-16-4-2-1-3-5-16)17-6-7-19-18(14-17)15-20(28-19)22(26)24-10-12-27-13-11-24/h1-5,15,17H,6-14H2,(H,23,25)/t17-/m0/s1. The lowest BCUT2D eigenvalue weighted by Crippen LogP contribution is -2.40. The lowest BCUT2D eigenvalue weighted by molar-refractivity contribution is -0.125. The molecule has 28 heavy (non-hydrogen) atoms. The molecule has 2 aromatic rings. The molecular weight excluding hydrogens is 372 g/mol. The molecule has 1 aromatic heterocycles. The third-order valence-corrected chi connectivity index (χ3v) is 6.74. The van der Waals surface area contributed by atoms with Crippen LogP contribution in [0.4, 0.5) is 0 Å². The molecular formula is C22H26N2O3S. The quantitative estimate of drug-likeness (QED) is 0.843. The van der Waals surface area contributed by atoms with Gasteiger partial charge in [0.1, 0.15) is 0 Å². The number of nitrogens with one attached hydrogen (secondary N) is 1. The van der Waals surface area contributed by atoms with E-state index in [4.69, 9.17) is 4.74 Å². The minimum Gasteiger partial charge on any atom is -0.378 e. The number of ether oxygens (including phenoxy) is 1. The van der Waals surface area contributed by atoms with Crippen molar-refractivity contribution in [3.63, 3.8) is 0 Å². The summed E-state index contributed by atoms with van der Waals surface area (Å²) in [5.41, 5.74) is 2.41.